The first-order chi connectivity index (χ1) is 6.63. The zero-order valence-corrected chi connectivity index (χ0v) is 7.40. The summed E-state index contributed by atoms with van der Waals surface area (Å²) in [6, 6.07) is 4.18. The van der Waals surface area contributed by atoms with Gasteiger partial charge in [-0.25, -0.2) is 4.39 Å². The van der Waals surface area contributed by atoms with Gasteiger partial charge in [0.05, 0.1) is 6.61 Å². The Morgan fingerprint density at radius 1 is 1.57 bits per heavy atom. The Kier molecular flexibility index (Phi) is 3.36. The van der Waals surface area contributed by atoms with Crippen molar-refractivity contribution in [3.8, 4) is 0 Å². The minimum atomic E-state index is -0.570. The van der Waals surface area contributed by atoms with Gasteiger partial charge in [-0.3, -0.25) is 4.79 Å². The second-order valence-corrected chi connectivity index (χ2v) is 2.74. The predicted molar refractivity (Wildman–Crippen MR) is 50.6 cm³/mol. The molecule has 0 heterocycles. The van der Waals surface area contributed by atoms with Crippen LogP contribution in [-0.4, -0.2) is 11.0 Å². The molecule has 0 bridgehead atoms. The Hall–Kier alpha value is -1.68. The number of aliphatic hydroxyl groups excluding tert-OH is 1. The van der Waals surface area contributed by atoms with E-state index in [1.807, 2.05) is 0 Å². The molecule has 1 aromatic rings. The average Bonchev–Trinajstić information content (AvgIpc) is 2.16. The van der Waals surface area contributed by atoms with E-state index < -0.39 is 11.7 Å². The van der Waals surface area contributed by atoms with E-state index in [0.717, 1.165) is 0 Å². The fourth-order valence-corrected chi connectivity index (χ4v) is 0.998. The van der Waals surface area contributed by atoms with Crippen molar-refractivity contribution in [2.45, 2.75) is 6.61 Å². The lowest BCUT2D eigenvalue weighted by Crippen LogP contribution is -2.05. The molecular formula is C10H10FNO2. The second kappa shape index (κ2) is 4.53. The van der Waals surface area contributed by atoms with Crippen LogP contribution in [-0.2, 0) is 11.4 Å². The van der Waals surface area contributed by atoms with Gasteiger partial charge < -0.3 is 10.8 Å². The molecule has 0 radical (unpaired) electrons. The van der Waals surface area contributed by atoms with E-state index in [0.29, 0.717) is 5.56 Å². The lowest BCUT2D eigenvalue weighted by atomic mass is 10.1. The van der Waals surface area contributed by atoms with Crippen LogP contribution in [0.1, 0.15) is 11.1 Å². The van der Waals surface area contributed by atoms with E-state index in [2.05, 4.69) is 0 Å². The maximum atomic E-state index is 12.9. The van der Waals surface area contributed by atoms with E-state index in [9.17, 15) is 9.18 Å². The van der Waals surface area contributed by atoms with Gasteiger partial charge in [0.1, 0.15) is 5.82 Å². The molecule has 0 atom stereocenters. The number of amides is 1. The molecule has 3 nitrogen and oxygen atoms in total. The van der Waals surface area contributed by atoms with Crippen LogP contribution in [0.15, 0.2) is 24.3 Å². The van der Waals surface area contributed by atoms with Gasteiger partial charge in [-0.2, -0.15) is 0 Å². The number of hydrogen-bond acceptors (Lipinski definition) is 2. The maximum Gasteiger partial charge on any atom is 0.241 e. The quantitative estimate of drug-likeness (QED) is 0.701. The highest BCUT2D eigenvalue weighted by atomic mass is 19.1. The van der Waals surface area contributed by atoms with Crippen molar-refractivity contribution in [1.82, 2.24) is 0 Å². The van der Waals surface area contributed by atoms with Crippen LogP contribution < -0.4 is 5.73 Å². The molecule has 0 aliphatic carbocycles. The van der Waals surface area contributed by atoms with Crippen LogP contribution >= 0.6 is 0 Å². The minimum Gasteiger partial charge on any atom is -0.392 e. The highest BCUT2D eigenvalue weighted by Gasteiger charge is 2.00. The van der Waals surface area contributed by atoms with Crippen molar-refractivity contribution in [2.24, 2.45) is 5.73 Å². The molecule has 0 saturated heterocycles. The van der Waals surface area contributed by atoms with E-state index in [-0.39, 0.29) is 12.2 Å². The molecule has 1 amide bonds. The van der Waals surface area contributed by atoms with Crippen molar-refractivity contribution < 1.29 is 14.3 Å². The Morgan fingerprint density at radius 3 is 2.86 bits per heavy atom. The van der Waals surface area contributed by atoms with Gasteiger partial charge in [0.2, 0.25) is 5.91 Å². The predicted octanol–water partition coefficient (Wildman–Crippen LogP) is 0.817. The van der Waals surface area contributed by atoms with Crippen LogP contribution in [0.25, 0.3) is 6.08 Å². The highest BCUT2D eigenvalue weighted by Crippen LogP contribution is 2.11. The SMILES string of the molecule is NC(=O)C=Cc1ccc(F)c(CO)c1. The third kappa shape index (κ3) is 2.67. The monoisotopic (exact) mass is 195 g/mol. The van der Waals surface area contributed by atoms with Crippen LogP contribution in [0.5, 0.6) is 0 Å². The summed E-state index contributed by atoms with van der Waals surface area (Å²) in [7, 11) is 0. The van der Waals surface area contributed by atoms with Gasteiger partial charge in [0.25, 0.3) is 0 Å². The summed E-state index contributed by atoms with van der Waals surface area (Å²) >= 11 is 0. The van der Waals surface area contributed by atoms with Crippen molar-refractivity contribution in [3.63, 3.8) is 0 Å². The zero-order chi connectivity index (χ0) is 10.6. The van der Waals surface area contributed by atoms with Gasteiger partial charge in [0, 0.05) is 11.6 Å². The number of aliphatic hydroxyl groups is 1. The van der Waals surface area contributed by atoms with Crippen molar-refractivity contribution >= 4 is 12.0 Å². The first kappa shape index (κ1) is 10.4. The molecule has 0 aliphatic heterocycles. The fraction of sp³-hybridized carbons (Fsp3) is 0.100. The smallest absolute Gasteiger partial charge is 0.241 e. The van der Waals surface area contributed by atoms with E-state index in [1.165, 1.54) is 30.4 Å². The zero-order valence-electron chi connectivity index (χ0n) is 7.40. The molecule has 0 fully saturated rings. The summed E-state index contributed by atoms with van der Waals surface area (Å²) in [5.74, 6) is -1.04. The maximum absolute atomic E-state index is 12.9. The lowest BCUT2D eigenvalue weighted by molar-refractivity contribution is -0.113. The van der Waals surface area contributed by atoms with Crippen molar-refractivity contribution in [3.05, 3.63) is 41.2 Å². The molecule has 0 aromatic heterocycles. The van der Waals surface area contributed by atoms with Crippen molar-refractivity contribution in [1.29, 1.82) is 0 Å². The Labute approximate surface area is 80.7 Å². The molecule has 4 heteroatoms. The largest absolute Gasteiger partial charge is 0.392 e. The molecule has 0 saturated carbocycles. The third-order valence-electron chi connectivity index (χ3n) is 1.68. The van der Waals surface area contributed by atoms with Crippen LogP contribution in [0, 0.1) is 5.82 Å². The van der Waals surface area contributed by atoms with Gasteiger partial charge >= 0.3 is 0 Å². The van der Waals surface area contributed by atoms with E-state index in [4.69, 9.17) is 10.8 Å². The normalized spacial score (nSPS) is 10.7. The highest BCUT2D eigenvalue weighted by molar-refractivity contribution is 5.90. The van der Waals surface area contributed by atoms with Crippen LogP contribution in [0.3, 0.4) is 0 Å². The van der Waals surface area contributed by atoms with Crippen LogP contribution in [0.4, 0.5) is 4.39 Å². The Morgan fingerprint density at radius 2 is 2.29 bits per heavy atom. The van der Waals surface area contributed by atoms with Gasteiger partial charge in [-0.15, -0.1) is 0 Å². The molecule has 74 valence electrons. The summed E-state index contributed by atoms with van der Waals surface area (Å²) in [6.07, 6.45) is 2.63. The fourth-order valence-electron chi connectivity index (χ4n) is 0.998. The number of primary amides is 1. The standard InChI is InChI=1S/C10H10FNO2/c11-9-3-1-7(2-4-10(12)14)5-8(9)6-13/h1-5,13H,6H2,(H2,12,14). The second-order valence-electron chi connectivity index (χ2n) is 2.74. The van der Waals surface area contributed by atoms with Gasteiger partial charge in [-0.05, 0) is 23.8 Å². The minimum absolute atomic E-state index is 0.191. The number of carbonyl (C=O) groups excluding carboxylic acids is 1. The molecule has 14 heavy (non-hydrogen) atoms. The van der Waals surface area contributed by atoms with Crippen molar-refractivity contribution in [2.75, 3.05) is 0 Å². The molecule has 0 spiro atoms. The number of rotatable bonds is 3. The van der Waals surface area contributed by atoms with Gasteiger partial charge in [0.15, 0.2) is 0 Å². The topological polar surface area (TPSA) is 63.3 Å². The first-order valence-electron chi connectivity index (χ1n) is 4.00. The summed E-state index contributed by atoms with van der Waals surface area (Å²) in [6.45, 7) is -0.371. The Balaban J connectivity index is 2.95. The summed E-state index contributed by atoms with van der Waals surface area (Å²) in [4.78, 5) is 10.4. The van der Waals surface area contributed by atoms with E-state index >= 15 is 0 Å². The lowest BCUT2D eigenvalue weighted by Gasteiger charge is -1.99. The summed E-state index contributed by atoms with van der Waals surface area (Å²) < 4.78 is 12.9. The summed E-state index contributed by atoms with van der Waals surface area (Å²) in [5, 5.41) is 8.76. The first-order valence-corrected chi connectivity index (χ1v) is 4.00. The number of hydrogen-bond donors (Lipinski definition) is 2. The molecule has 1 rings (SSSR count). The molecule has 1 aromatic carbocycles. The molecular weight excluding hydrogens is 185 g/mol. The third-order valence-corrected chi connectivity index (χ3v) is 1.68. The van der Waals surface area contributed by atoms with Gasteiger partial charge in [-0.1, -0.05) is 6.07 Å². The van der Waals surface area contributed by atoms with E-state index in [1.54, 1.807) is 0 Å². The van der Waals surface area contributed by atoms with Crippen LogP contribution in [0.2, 0.25) is 0 Å². The average molecular weight is 195 g/mol. The number of carbonyl (C=O) groups is 1. The Bertz CT molecular complexity index is 374. The molecule has 0 unspecified atom stereocenters. The number of nitrogens with two attached hydrogens (primary N) is 1. The number of halogens is 1. The molecule has 3 N–H and O–H groups in total. The molecule has 0 aliphatic rings. The number of benzene rings is 1. The summed E-state index contributed by atoms with van der Waals surface area (Å²) in [5.41, 5.74) is 5.70.